The van der Waals surface area contributed by atoms with E-state index in [2.05, 4.69) is 10.3 Å². The molecule has 4 nitrogen and oxygen atoms in total. The summed E-state index contributed by atoms with van der Waals surface area (Å²) >= 11 is 1.59. The summed E-state index contributed by atoms with van der Waals surface area (Å²) in [6, 6.07) is 13.4. The zero-order chi connectivity index (χ0) is 18.4. The predicted molar refractivity (Wildman–Crippen MR) is 100 cm³/mol. The highest BCUT2D eigenvalue weighted by Gasteiger charge is 2.06. The van der Waals surface area contributed by atoms with Gasteiger partial charge in [0.25, 0.3) is 5.91 Å². The van der Waals surface area contributed by atoms with Gasteiger partial charge in [0.15, 0.2) is 0 Å². The predicted octanol–water partition coefficient (Wildman–Crippen LogP) is 4.14. The minimum absolute atomic E-state index is 0.164. The van der Waals surface area contributed by atoms with Crippen molar-refractivity contribution < 1.29 is 13.9 Å². The molecule has 0 aliphatic rings. The smallest absolute Gasteiger partial charge is 0.251 e. The number of rotatable bonds is 7. The van der Waals surface area contributed by atoms with Gasteiger partial charge in [0.1, 0.15) is 18.2 Å². The van der Waals surface area contributed by atoms with Crippen LogP contribution in [0, 0.1) is 12.7 Å². The van der Waals surface area contributed by atoms with Gasteiger partial charge in [0.2, 0.25) is 0 Å². The first kappa shape index (κ1) is 18.1. The zero-order valence-electron chi connectivity index (χ0n) is 14.4. The lowest BCUT2D eigenvalue weighted by atomic mass is 10.1. The Morgan fingerprint density at radius 2 is 2.04 bits per heavy atom. The van der Waals surface area contributed by atoms with Crippen molar-refractivity contribution in [3.8, 4) is 5.75 Å². The van der Waals surface area contributed by atoms with Crippen LogP contribution in [-0.4, -0.2) is 17.4 Å². The van der Waals surface area contributed by atoms with E-state index in [1.54, 1.807) is 41.7 Å². The number of nitrogens with one attached hydrogen (secondary N) is 1. The van der Waals surface area contributed by atoms with Gasteiger partial charge in [-0.3, -0.25) is 4.79 Å². The molecular formula is C20H19FN2O2S. The lowest BCUT2D eigenvalue weighted by molar-refractivity contribution is 0.0954. The van der Waals surface area contributed by atoms with Crippen LogP contribution >= 0.6 is 11.3 Å². The van der Waals surface area contributed by atoms with Gasteiger partial charge in [-0.15, -0.1) is 11.3 Å². The fraction of sp³-hybridized carbons (Fsp3) is 0.200. The Kier molecular flexibility index (Phi) is 5.96. The van der Waals surface area contributed by atoms with E-state index in [1.165, 1.54) is 12.1 Å². The van der Waals surface area contributed by atoms with Crippen LogP contribution in [0.25, 0.3) is 0 Å². The number of carbonyl (C=O) groups is 1. The number of nitrogens with zero attached hydrogens (tertiary/aromatic N) is 1. The number of hydrogen-bond acceptors (Lipinski definition) is 4. The third-order valence-corrected chi connectivity index (χ3v) is 4.58. The average molecular weight is 370 g/mol. The number of amides is 1. The summed E-state index contributed by atoms with van der Waals surface area (Å²) in [7, 11) is 0. The highest BCUT2D eigenvalue weighted by molar-refractivity contribution is 7.09. The Hall–Kier alpha value is -2.73. The molecule has 1 heterocycles. The normalized spacial score (nSPS) is 10.5. The second-order valence-electron chi connectivity index (χ2n) is 5.81. The minimum atomic E-state index is -0.266. The number of carbonyl (C=O) groups excluding carboxylic acids is 1. The fourth-order valence-electron chi connectivity index (χ4n) is 2.45. The number of aromatic nitrogens is 1. The van der Waals surface area contributed by atoms with Crippen molar-refractivity contribution in [2.24, 2.45) is 0 Å². The third-order valence-electron chi connectivity index (χ3n) is 3.76. The van der Waals surface area contributed by atoms with E-state index in [0.717, 1.165) is 16.3 Å². The minimum Gasteiger partial charge on any atom is -0.487 e. The second kappa shape index (κ2) is 8.58. The van der Waals surface area contributed by atoms with Crippen LogP contribution in [0.15, 0.2) is 53.9 Å². The first-order valence-electron chi connectivity index (χ1n) is 8.27. The molecule has 0 unspecified atom stereocenters. The number of thiazole rings is 1. The fourth-order valence-corrected chi connectivity index (χ4v) is 3.05. The number of hydrogen-bond donors (Lipinski definition) is 1. The van der Waals surface area contributed by atoms with Crippen molar-refractivity contribution in [2.45, 2.75) is 20.0 Å². The summed E-state index contributed by atoms with van der Waals surface area (Å²) in [4.78, 5) is 16.5. The van der Waals surface area contributed by atoms with Gasteiger partial charge in [0.05, 0.1) is 10.7 Å². The van der Waals surface area contributed by atoms with Crippen LogP contribution in [-0.2, 0) is 13.0 Å². The van der Waals surface area contributed by atoms with Crippen LogP contribution in [0.2, 0.25) is 0 Å². The topological polar surface area (TPSA) is 51.2 Å². The molecule has 26 heavy (non-hydrogen) atoms. The molecule has 0 aliphatic heterocycles. The van der Waals surface area contributed by atoms with Crippen LogP contribution in [0.1, 0.15) is 26.6 Å². The third kappa shape index (κ3) is 5.13. The number of aryl methyl sites for hydroxylation is 1. The van der Waals surface area contributed by atoms with Gasteiger partial charge in [0, 0.05) is 17.5 Å². The van der Waals surface area contributed by atoms with E-state index in [0.29, 0.717) is 30.9 Å². The lowest BCUT2D eigenvalue weighted by Crippen LogP contribution is -2.25. The summed E-state index contributed by atoms with van der Waals surface area (Å²) in [6.07, 6.45) is 0.581. The summed E-state index contributed by atoms with van der Waals surface area (Å²) in [5.74, 6) is 0.257. The van der Waals surface area contributed by atoms with Gasteiger partial charge in [-0.2, -0.15) is 0 Å². The van der Waals surface area contributed by atoms with E-state index < -0.39 is 0 Å². The van der Waals surface area contributed by atoms with Crippen molar-refractivity contribution in [3.63, 3.8) is 0 Å². The lowest BCUT2D eigenvalue weighted by Gasteiger charge is -2.07. The monoisotopic (exact) mass is 370 g/mol. The second-order valence-corrected chi connectivity index (χ2v) is 6.87. The molecule has 1 amide bonds. The molecule has 0 saturated heterocycles. The standard InChI is InChI=1S/C20H19FN2O2S/c1-14-23-18(13-26-14)12-25-19-7-5-16(6-8-19)20(24)22-10-9-15-3-2-4-17(21)11-15/h2-8,11,13H,9-10,12H2,1H3,(H,22,24). The average Bonchev–Trinajstić information content (AvgIpc) is 3.06. The maximum Gasteiger partial charge on any atom is 0.251 e. The van der Waals surface area contributed by atoms with Crippen LogP contribution in [0.5, 0.6) is 5.75 Å². The molecule has 1 N–H and O–H groups in total. The molecule has 134 valence electrons. The molecule has 0 spiro atoms. The Labute approximate surface area is 155 Å². The van der Waals surface area contributed by atoms with Gasteiger partial charge in [-0.25, -0.2) is 9.37 Å². The van der Waals surface area contributed by atoms with E-state index in [9.17, 15) is 9.18 Å². The molecule has 2 aromatic carbocycles. The number of halogens is 1. The van der Waals surface area contributed by atoms with Crippen molar-refractivity contribution in [2.75, 3.05) is 6.54 Å². The van der Waals surface area contributed by atoms with Gasteiger partial charge >= 0.3 is 0 Å². The SMILES string of the molecule is Cc1nc(COc2ccc(C(=O)NCCc3cccc(F)c3)cc2)cs1. The molecule has 0 aliphatic carbocycles. The summed E-state index contributed by atoms with van der Waals surface area (Å²) < 4.78 is 18.8. The molecular weight excluding hydrogens is 351 g/mol. The first-order chi connectivity index (χ1) is 12.6. The Morgan fingerprint density at radius 1 is 1.23 bits per heavy atom. The van der Waals surface area contributed by atoms with Crippen molar-refractivity contribution in [1.82, 2.24) is 10.3 Å². The Morgan fingerprint density at radius 3 is 2.73 bits per heavy atom. The molecule has 1 aromatic heterocycles. The molecule has 0 radical (unpaired) electrons. The van der Waals surface area contributed by atoms with Gasteiger partial charge < -0.3 is 10.1 Å². The van der Waals surface area contributed by atoms with Crippen molar-refractivity contribution >= 4 is 17.2 Å². The molecule has 3 aromatic rings. The molecule has 0 saturated carbocycles. The molecule has 0 atom stereocenters. The highest BCUT2D eigenvalue weighted by Crippen LogP contribution is 2.15. The molecule has 3 rings (SSSR count). The van der Waals surface area contributed by atoms with E-state index in [4.69, 9.17) is 4.74 Å². The number of benzene rings is 2. The van der Waals surface area contributed by atoms with Gasteiger partial charge in [-0.05, 0) is 55.3 Å². The van der Waals surface area contributed by atoms with E-state index in [1.807, 2.05) is 18.4 Å². The van der Waals surface area contributed by atoms with Crippen molar-refractivity contribution in [1.29, 1.82) is 0 Å². The highest BCUT2D eigenvalue weighted by atomic mass is 32.1. The summed E-state index contributed by atoms with van der Waals surface area (Å²) in [6.45, 7) is 2.81. The quantitative estimate of drug-likeness (QED) is 0.680. The maximum absolute atomic E-state index is 13.1. The van der Waals surface area contributed by atoms with Crippen molar-refractivity contribution in [3.05, 3.63) is 81.6 Å². The Bertz CT molecular complexity index is 878. The molecule has 0 fully saturated rings. The van der Waals surface area contributed by atoms with E-state index >= 15 is 0 Å². The zero-order valence-corrected chi connectivity index (χ0v) is 15.2. The van der Waals surface area contributed by atoms with E-state index in [-0.39, 0.29) is 11.7 Å². The van der Waals surface area contributed by atoms with Crippen LogP contribution < -0.4 is 10.1 Å². The first-order valence-corrected chi connectivity index (χ1v) is 9.14. The Balaban J connectivity index is 1.47. The van der Waals surface area contributed by atoms with Gasteiger partial charge in [-0.1, -0.05) is 12.1 Å². The summed E-state index contributed by atoms with van der Waals surface area (Å²) in [5.41, 5.74) is 2.30. The van der Waals surface area contributed by atoms with Crippen LogP contribution in [0.3, 0.4) is 0 Å². The maximum atomic E-state index is 13.1. The molecule has 6 heteroatoms. The number of ether oxygens (including phenoxy) is 1. The van der Waals surface area contributed by atoms with Crippen LogP contribution in [0.4, 0.5) is 4.39 Å². The summed E-state index contributed by atoms with van der Waals surface area (Å²) in [5, 5.41) is 5.81. The molecule has 0 bridgehead atoms. The largest absolute Gasteiger partial charge is 0.487 e.